The number of aryl methyl sites for hydroxylation is 1. The van der Waals surface area contributed by atoms with Crippen LogP contribution in [0, 0.1) is 0 Å². The van der Waals surface area contributed by atoms with Crippen LogP contribution in [0.15, 0.2) is 41.3 Å². The van der Waals surface area contributed by atoms with Gasteiger partial charge in [-0.3, -0.25) is 4.79 Å². The monoisotopic (exact) mass is 445 g/mol. The summed E-state index contributed by atoms with van der Waals surface area (Å²) in [4.78, 5) is 16.9. The molecule has 30 heavy (non-hydrogen) atoms. The second-order valence-corrected chi connectivity index (χ2v) is 10.6. The number of hydrogen-bond donors (Lipinski definition) is 0. The third-order valence-electron chi connectivity index (χ3n) is 6.44. The maximum Gasteiger partial charge on any atom is 0.243 e. The summed E-state index contributed by atoms with van der Waals surface area (Å²) in [6.45, 7) is 4.65. The van der Waals surface area contributed by atoms with E-state index in [1.807, 2.05) is 36.1 Å². The van der Waals surface area contributed by atoms with Crippen LogP contribution in [0.1, 0.15) is 30.4 Å². The van der Waals surface area contributed by atoms with Gasteiger partial charge in [-0.05, 0) is 61.2 Å². The summed E-state index contributed by atoms with van der Waals surface area (Å²) in [5.74, 6) is -0.206. The van der Waals surface area contributed by atoms with Gasteiger partial charge in [0.25, 0.3) is 0 Å². The number of sulfonamides is 1. The average Bonchev–Trinajstić information content (AvgIpc) is 3.00. The Bertz CT molecular complexity index is 1130. The number of nitrogens with zero attached hydrogens (tertiary/aromatic N) is 3. The van der Waals surface area contributed by atoms with Gasteiger partial charge in [-0.15, -0.1) is 0 Å². The van der Waals surface area contributed by atoms with Crippen molar-refractivity contribution in [3.8, 4) is 0 Å². The molecule has 0 unspecified atom stereocenters. The minimum atomic E-state index is -3.61. The van der Waals surface area contributed by atoms with Crippen LogP contribution in [0.3, 0.4) is 0 Å². The molecule has 0 bridgehead atoms. The Balaban J connectivity index is 1.41. The Morgan fingerprint density at radius 1 is 1.03 bits per heavy atom. The predicted molar refractivity (Wildman–Crippen MR) is 118 cm³/mol. The summed E-state index contributed by atoms with van der Waals surface area (Å²) < 4.78 is 28.4. The van der Waals surface area contributed by atoms with E-state index in [1.54, 1.807) is 16.4 Å². The van der Waals surface area contributed by atoms with Crippen LogP contribution >= 0.6 is 11.6 Å². The molecule has 1 saturated heterocycles. The summed E-state index contributed by atoms with van der Waals surface area (Å²) in [7, 11) is -3.61. The van der Waals surface area contributed by atoms with Crippen molar-refractivity contribution in [3.63, 3.8) is 0 Å². The topological polar surface area (TPSA) is 60.9 Å². The molecule has 0 saturated carbocycles. The van der Waals surface area contributed by atoms with Gasteiger partial charge >= 0.3 is 0 Å². The van der Waals surface area contributed by atoms with Crippen molar-refractivity contribution in [2.45, 2.75) is 30.6 Å². The zero-order valence-electron chi connectivity index (χ0n) is 16.8. The number of benzene rings is 2. The van der Waals surface area contributed by atoms with Crippen LogP contribution in [0.4, 0.5) is 11.4 Å². The van der Waals surface area contributed by atoms with E-state index in [2.05, 4.69) is 4.90 Å². The van der Waals surface area contributed by atoms with Gasteiger partial charge in [0.1, 0.15) is 0 Å². The molecule has 3 aliphatic heterocycles. The SMILES string of the molecule is C[C@H]1C(=O)N2CCCc3cc(S(=O)(=O)N4CCN(c5cccc(Cl)c5)CC4)cc1c32. The molecule has 0 aliphatic carbocycles. The lowest BCUT2D eigenvalue weighted by Crippen LogP contribution is -2.48. The fourth-order valence-corrected chi connectivity index (χ4v) is 6.52. The maximum absolute atomic E-state index is 13.4. The molecule has 1 amide bonds. The Morgan fingerprint density at radius 3 is 2.53 bits per heavy atom. The van der Waals surface area contributed by atoms with E-state index in [9.17, 15) is 13.2 Å². The van der Waals surface area contributed by atoms with E-state index in [0.29, 0.717) is 36.1 Å². The largest absolute Gasteiger partial charge is 0.369 e. The van der Waals surface area contributed by atoms with E-state index in [0.717, 1.165) is 41.9 Å². The molecule has 5 rings (SSSR count). The molecule has 0 N–H and O–H groups in total. The number of carbonyl (C=O) groups excluding carboxylic acids is 1. The van der Waals surface area contributed by atoms with Gasteiger partial charge < -0.3 is 9.80 Å². The highest BCUT2D eigenvalue weighted by molar-refractivity contribution is 7.89. The Morgan fingerprint density at radius 2 is 1.80 bits per heavy atom. The minimum Gasteiger partial charge on any atom is -0.369 e. The van der Waals surface area contributed by atoms with Crippen molar-refractivity contribution in [2.24, 2.45) is 0 Å². The van der Waals surface area contributed by atoms with E-state index in [1.165, 1.54) is 0 Å². The van der Waals surface area contributed by atoms with Gasteiger partial charge in [0.05, 0.1) is 16.5 Å². The van der Waals surface area contributed by atoms with Crippen LogP contribution in [0.5, 0.6) is 0 Å². The fourth-order valence-electron chi connectivity index (χ4n) is 4.82. The minimum absolute atomic E-state index is 0.0793. The molecule has 1 atom stereocenters. The van der Waals surface area contributed by atoms with Gasteiger partial charge in [0.15, 0.2) is 0 Å². The summed E-state index contributed by atoms with van der Waals surface area (Å²) in [6, 6.07) is 11.1. The Hall–Kier alpha value is -2.09. The molecule has 3 aliphatic rings. The van der Waals surface area contributed by atoms with Crippen molar-refractivity contribution in [1.82, 2.24) is 4.31 Å². The quantitative estimate of drug-likeness (QED) is 0.727. The van der Waals surface area contributed by atoms with Crippen LogP contribution in [-0.2, 0) is 21.2 Å². The van der Waals surface area contributed by atoms with Crippen molar-refractivity contribution < 1.29 is 13.2 Å². The first-order valence-corrected chi connectivity index (χ1v) is 12.2. The molecule has 0 aromatic heterocycles. The first-order chi connectivity index (χ1) is 14.4. The molecular weight excluding hydrogens is 422 g/mol. The number of anilines is 2. The van der Waals surface area contributed by atoms with Crippen molar-refractivity contribution in [2.75, 3.05) is 42.5 Å². The van der Waals surface area contributed by atoms with Crippen LogP contribution < -0.4 is 9.80 Å². The molecule has 158 valence electrons. The lowest BCUT2D eigenvalue weighted by molar-refractivity contribution is -0.119. The van der Waals surface area contributed by atoms with Crippen molar-refractivity contribution in [1.29, 1.82) is 0 Å². The number of rotatable bonds is 3. The van der Waals surface area contributed by atoms with Gasteiger partial charge in [-0.25, -0.2) is 8.42 Å². The molecule has 2 aromatic carbocycles. The Labute approximate surface area is 182 Å². The molecule has 1 fully saturated rings. The first kappa shape index (κ1) is 19.8. The lowest BCUT2D eigenvalue weighted by atomic mass is 9.97. The van der Waals surface area contributed by atoms with Crippen LogP contribution in [0.2, 0.25) is 5.02 Å². The van der Waals surface area contributed by atoms with E-state index in [4.69, 9.17) is 11.6 Å². The molecule has 0 radical (unpaired) electrons. The summed E-state index contributed by atoms with van der Waals surface area (Å²) in [5.41, 5.74) is 3.79. The smallest absolute Gasteiger partial charge is 0.243 e. The first-order valence-electron chi connectivity index (χ1n) is 10.3. The van der Waals surface area contributed by atoms with Gasteiger partial charge in [0, 0.05) is 43.4 Å². The van der Waals surface area contributed by atoms with Gasteiger partial charge in [-0.1, -0.05) is 17.7 Å². The average molecular weight is 446 g/mol. The summed E-state index contributed by atoms with van der Waals surface area (Å²) >= 11 is 6.10. The third kappa shape index (κ3) is 3.11. The van der Waals surface area contributed by atoms with Crippen LogP contribution in [0.25, 0.3) is 0 Å². The van der Waals surface area contributed by atoms with Gasteiger partial charge in [-0.2, -0.15) is 4.31 Å². The zero-order chi connectivity index (χ0) is 21.0. The molecular formula is C22H24ClN3O3S. The second kappa shape index (κ2) is 7.25. The van der Waals surface area contributed by atoms with Crippen molar-refractivity contribution >= 4 is 38.9 Å². The molecule has 3 heterocycles. The number of halogens is 1. The zero-order valence-corrected chi connectivity index (χ0v) is 18.4. The molecule has 2 aromatic rings. The second-order valence-electron chi connectivity index (χ2n) is 8.21. The molecule has 0 spiro atoms. The maximum atomic E-state index is 13.4. The standard InChI is InChI=1S/C22H24ClN3O3S/c1-15-20-14-19(12-16-4-3-7-26(21(16)20)22(15)27)30(28,29)25-10-8-24(9-11-25)18-6-2-5-17(23)13-18/h2,5-6,12-15H,3-4,7-11H2,1H3/t15-/m1/s1. The van der Waals surface area contributed by atoms with Gasteiger partial charge in [0.2, 0.25) is 15.9 Å². The number of piperazine rings is 1. The highest BCUT2D eigenvalue weighted by atomic mass is 35.5. The highest BCUT2D eigenvalue weighted by Crippen LogP contribution is 2.44. The van der Waals surface area contributed by atoms with E-state index in [-0.39, 0.29) is 11.8 Å². The Kier molecular flexibility index (Phi) is 4.80. The number of carbonyl (C=O) groups is 1. The van der Waals surface area contributed by atoms with Crippen LogP contribution in [-0.4, -0.2) is 51.4 Å². The lowest BCUT2D eigenvalue weighted by Gasteiger charge is -2.35. The normalized spacial score (nSPS) is 21.8. The summed E-state index contributed by atoms with van der Waals surface area (Å²) in [6.07, 6.45) is 1.68. The molecule has 8 heteroatoms. The predicted octanol–water partition coefficient (Wildman–Crippen LogP) is 3.25. The van der Waals surface area contributed by atoms with E-state index >= 15 is 0 Å². The third-order valence-corrected chi connectivity index (χ3v) is 8.55. The summed E-state index contributed by atoms with van der Waals surface area (Å²) in [5, 5.41) is 0.673. The van der Waals surface area contributed by atoms with Crippen molar-refractivity contribution in [3.05, 3.63) is 52.5 Å². The number of hydrogen-bond acceptors (Lipinski definition) is 4. The molecule has 6 nitrogen and oxygen atoms in total. The number of amides is 1. The van der Waals surface area contributed by atoms with E-state index < -0.39 is 10.0 Å². The highest BCUT2D eigenvalue weighted by Gasteiger charge is 2.39. The fraction of sp³-hybridized carbons (Fsp3) is 0.409.